The molecule has 1 unspecified atom stereocenters. The maximum atomic E-state index is 10.1. The van der Waals surface area contributed by atoms with Crippen LogP contribution >= 0.6 is 0 Å². The van der Waals surface area contributed by atoms with Crippen LogP contribution in [0, 0.1) is 0 Å². The lowest BCUT2D eigenvalue weighted by Gasteiger charge is -1.87. The smallest absolute Gasteiger partial charge is 0.156 e. The molecule has 0 saturated heterocycles. The number of unbranched alkanes of at least 4 members (excludes halogenated alkanes) is 2. The third-order valence-corrected chi connectivity index (χ3v) is 1.61. The van der Waals surface area contributed by atoms with Crippen molar-refractivity contribution in [2.24, 2.45) is 0 Å². The van der Waals surface area contributed by atoms with Gasteiger partial charge in [-0.3, -0.25) is 0 Å². The van der Waals surface area contributed by atoms with Crippen molar-refractivity contribution in [2.75, 3.05) is 5.75 Å². The van der Waals surface area contributed by atoms with E-state index in [9.17, 15) is 4.21 Å². The molecular weight excluding hydrogens is 148 g/mol. The first-order valence-electron chi connectivity index (χ1n) is 3.49. The monoisotopic (exact) mass is 162 g/mol. The first kappa shape index (κ1) is 9.85. The lowest BCUT2D eigenvalue weighted by molar-refractivity contribution is 0.567. The normalized spacial score (nSPS) is 14.2. The molecule has 0 aromatic heterocycles. The van der Waals surface area contributed by atoms with E-state index in [0.29, 0.717) is 0 Å². The van der Waals surface area contributed by atoms with E-state index in [1.807, 2.05) is 6.08 Å². The van der Waals surface area contributed by atoms with Gasteiger partial charge in [0, 0.05) is 0 Å². The predicted octanol–water partition coefficient (Wildman–Crippen LogP) is 1.95. The lowest BCUT2D eigenvalue weighted by atomic mass is 10.2. The molecule has 0 aromatic rings. The Labute approximate surface area is 64.6 Å². The van der Waals surface area contributed by atoms with Gasteiger partial charge in [0.25, 0.3) is 0 Å². The average Bonchev–Trinajstić information content (AvgIpc) is 1.87. The minimum atomic E-state index is -1.66. The van der Waals surface area contributed by atoms with Crippen LogP contribution < -0.4 is 0 Å². The maximum absolute atomic E-state index is 10.1. The average molecular weight is 162 g/mol. The second-order valence-electron chi connectivity index (χ2n) is 2.10. The third-order valence-electron chi connectivity index (χ3n) is 1.13. The predicted molar refractivity (Wildman–Crippen MR) is 44.3 cm³/mol. The van der Waals surface area contributed by atoms with Gasteiger partial charge < -0.3 is 4.55 Å². The molecule has 60 valence electrons. The molecule has 0 spiro atoms. The van der Waals surface area contributed by atoms with E-state index >= 15 is 0 Å². The van der Waals surface area contributed by atoms with Crippen LogP contribution in [0.1, 0.15) is 26.2 Å². The summed E-state index contributed by atoms with van der Waals surface area (Å²) in [6.07, 6.45) is 7.07. The molecule has 0 fully saturated rings. The van der Waals surface area contributed by atoms with Crippen LogP contribution in [0.2, 0.25) is 0 Å². The quantitative estimate of drug-likeness (QED) is 0.381. The zero-order valence-corrected chi connectivity index (χ0v) is 7.06. The van der Waals surface area contributed by atoms with E-state index in [-0.39, 0.29) is 5.75 Å². The Bertz CT molecular complexity index is 121. The van der Waals surface area contributed by atoms with E-state index in [1.165, 1.54) is 6.42 Å². The van der Waals surface area contributed by atoms with E-state index in [0.717, 1.165) is 12.8 Å². The van der Waals surface area contributed by atoms with Crippen molar-refractivity contribution >= 4 is 11.1 Å². The number of hydrogen-bond acceptors (Lipinski definition) is 1. The lowest BCUT2D eigenvalue weighted by Crippen LogP contribution is -1.88. The van der Waals surface area contributed by atoms with Crippen LogP contribution in [0.3, 0.4) is 0 Å². The molecule has 0 aliphatic heterocycles. The van der Waals surface area contributed by atoms with Crippen LogP contribution in [-0.4, -0.2) is 14.5 Å². The highest BCUT2D eigenvalue weighted by Crippen LogP contribution is 1.94. The summed E-state index contributed by atoms with van der Waals surface area (Å²) in [7, 11) is 0. The molecule has 0 radical (unpaired) electrons. The van der Waals surface area contributed by atoms with Crippen molar-refractivity contribution in [3.63, 3.8) is 0 Å². The minimum Gasteiger partial charge on any atom is -0.306 e. The van der Waals surface area contributed by atoms with Gasteiger partial charge in [0.1, 0.15) is 0 Å². The van der Waals surface area contributed by atoms with Crippen molar-refractivity contribution in [3.05, 3.63) is 12.2 Å². The summed E-state index contributed by atoms with van der Waals surface area (Å²) in [6, 6.07) is 0. The molecule has 3 heteroatoms. The molecule has 1 atom stereocenters. The Morgan fingerprint density at radius 2 is 2.20 bits per heavy atom. The number of rotatable bonds is 5. The minimum absolute atomic E-state index is 0.268. The fourth-order valence-electron chi connectivity index (χ4n) is 0.590. The van der Waals surface area contributed by atoms with Gasteiger partial charge in [-0.05, 0) is 6.42 Å². The van der Waals surface area contributed by atoms with E-state index in [1.54, 1.807) is 6.08 Å². The SMILES string of the molecule is CCCCC=CCS(=O)O. The van der Waals surface area contributed by atoms with Gasteiger partial charge in [0.15, 0.2) is 11.1 Å². The molecule has 0 aliphatic carbocycles. The Kier molecular flexibility index (Phi) is 6.86. The van der Waals surface area contributed by atoms with Crippen molar-refractivity contribution in [1.29, 1.82) is 0 Å². The van der Waals surface area contributed by atoms with Crippen LogP contribution in [-0.2, 0) is 11.1 Å². The van der Waals surface area contributed by atoms with Crippen molar-refractivity contribution in [3.8, 4) is 0 Å². The molecule has 0 amide bonds. The number of hydrogen-bond donors (Lipinski definition) is 1. The van der Waals surface area contributed by atoms with Gasteiger partial charge in [-0.1, -0.05) is 31.9 Å². The summed E-state index contributed by atoms with van der Waals surface area (Å²) in [4.78, 5) is 0. The van der Waals surface area contributed by atoms with Crippen molar-refractivity contribution in [2.45, 2.75) is 26.2 Å². The molecular formula is C7H14O2S. The van der Waals surface area contributed by atoms with Crippen molar-refractivity contribution in [1.82, 2.24) is 0 Å². The summed E-state index contributed by atoms with van der Waals surface area (Å²) in [5.74, 6) is 0.268. The fraction of sp³-hybridized carbons (Fsp3) is 0.714. The van der Waals surface area contributed by atoms with Gasteiger partial charge in [-0.25, -0.2) is 4.21 Å². The molecule has 0 aliphatic rings. The molecule has 0 rings (SSSR count). The molecule has 10 heavy (non-hydrogen) atoms. The van der Waals surface area contributed by atoms with Gasteiger partial charge in [0.2, 0.25) is 0 Å². The third kappa shape index (κ3) is 7.85. The highest BCUT2D eigenvalue weighted by Gasteiger charge is 1.84. The zero-order valence-electron chi connectivity index (χ0n) is 6.25. The van der Waals surface area contributed by atoms with Gasteiger partial charge in [-0.2, -0.15) is 0 Å². The van der Waals surface area contributed by atoms with E-state index < -0.39 is 11.1 Å². The molecule has 0 bridgehead atoms. The Balaban J connectivity index is 3.12. The fourth-order valence-corrected chi connectivity index (χ4v) is 0.891. The molecule has 0 saturated carbocycles. The summed E-state index contributed by atoms with van der Waals surface area (Å²) in [5.41, 5.74) is 0. The topological polar surface area (TPSA) is 37.3 Å². The molecule has 0 aromatic carbocycles. The summed E-state index contributed by atoms with van der Waals surface area (Å²) in [5, 5.41) is 0. The largest absolute Gasteiger partial charge is 0.306 e. The van der Waals surface area contributed by atoms with Crippen LogP contribution in [0.5, 0.6) is 0 Å². The van der Waals surface area contributed by atoms with Crippen LogP contribution in [0.4, 0.5) is 0 Å². The van der Waals surface area contributed by atoms with Gasteiger partial charge >= 0.3 is 0 Å². The molecule has 2 nitrogen and oxygen atoms in total. The zero-order chi connectivity index (χ0) is 7.82. The van der Waals surface area contributed by atoms with Crippen molar-refractivity contribution < 1.29 is 8.76 Å². The summed E-state index contributed by atoms with van der Waals surface area (Å²) >= 11 is -1.66. The highest BCUT2D eigenvalue weighted by atomic mass is 32.2. The summed E-state index contributed by atoms with van der Waals surface area (Å²) in [6.45, 7) is 2.12. The highest BCUT2D eigenvalue weighted by molar-refractivity contribution is 7.79. The Morgan fingerprint density at radius 3 is 2.70 bits per heavy atom. The molecule has 0 heterocycles. The van der Waals surface area contributed by atoms with Crippen LogP contribution in [0.25, 0.3) is 0 Å². The first-order chi connectivity index (χ1) is 4.77. The summed E-state index contributed by atoms with van der Waals surface area (Å²) < 4.78 is 18.4. The second-order valence-corrected chi connectivity index (χ2v) is 3.08. The van der Waals surface area contributed by atoms with Gasteiger partial charge in [0.05, 0.1) is 5.75 Å². The van der Waals surface area contributed by atoms with Crippen LogP contribution in [0.15, 0.2) is 12.2 Å². The Morgan fingerprint density at radius 1 is 1.50 bits per heavy atom. The first-order valence-corrected chi connectivity index (χ1v) is 4.77. The number of allylic oxidation sites excluding steroid dienone is 1. The van der Waals surface area contributed by atoms with Gasteiger partial charge in [-0.15, -0.1) is 0 Å². The van der Waals surface area contributed by atoms with E-state index in [4.69, 9.17) is 4.55 Å². The Hall–Kier alpha value is -0.150. The standard InChI is InChI=1S/C7H14O2S/c1-2-3-4-5-6-7-10(8)9/h5-6H,2-4,7H2,1H3,(H,8,9). The second kappa shape index (κ2) is 6.96. The van der Waals surface area contributed by atoms with E-state index in [2.05, 4.69) is 6.92 Å². The maximum Gasteiger partial charge on any atom is 0.156 e. The molecule has 1 N–H and O–H groups in total.